The van der Waals surface area contributed by atoms with Gasteiger partial charge in [-0.15, -0.1) is 0 Å². The van der Waals surface area contributed by atoms with Crippen LogP contribution in [0.2, 0.25) is 0 Å². The van der Waals surface area contributed by atoms with Crippen molar-refractivity contribution in [3.63, 3.8) is 0 Å². The van der Waals surface area contributed by atoms with Crippen LogP contribution in [-0.2, 0) is 4.79 Å². The largest absolute Gasteiger partial charge is 0.497 e. The first-order valence-electron chi connectivity index (χ1n) is 7.49. The highest BCUT2D eigenvalue weighted by atomic mass is 16.5. The molecule has 0 radical (unpaired) electrons. The molecule has 0 bridgehead atoms. The van der Waals surface area contributed by atoms with Gasteiger partial charge in [0, 0.05) is 6.54 Å². The minimum absolute atomic E-state index is 0.00806. The Morgan fingerprint density at radius 3 is 2.26 bits per heavy atom. The van der Waals surface area contributed by atoms with Crippen LogP contribution in [0.4, 0.5) is 0 Å². The number of amides is 1. The lowest BCUT2D eigenvalue weighted by atomic mass is 10.3. The van der Waals surface area contributed by atoms with E-state index in [1.54, 1.807) is 31.4 Å². The van der Waals surface area contributed by atoms with Gasteiger partial charge in [0.2, 0.25) is 0 Å². The van der Waals surface area contributed by atoms with Gasteiger partial charge >= 0.3 is 0 Å². The molecule has 0 aliphatic carbocycles. The SMILES string of the molecule is COc1ccc(OCC(=O)NCCCOc2ccccc2)cc1. The minimum atomic E-state index is -0.152. The van der Waals surface area contributed by atoms with E-state index in [0.29, 0.717) is 18.9 Å². The molecule has 1 amide bonds. The summed E-state index contributed by atoms with van der Waals surface area (Å²) >= 11 is 0. The lowest BCUT2D eigenvalue weighted by molar-refractivity contribution is -0.123. The maximum absolute atomic E-state index is 11.7. The first-order chi connectivity index (χ1) is 11.3. The van der Waals surface area contributed by atoms with E-state index in [2.05, 4.69) is 5.32 Å². The number of hydrogen-bond acceptors (Lipinski definition) is 4. The number of carbonyl (C=O) groups excluding carboxylic acids is 1. The standard InChI is InChI=1S/C18H21NO4/c1-21-15-8-10-17(11-9-15)23-14-18(20)19-12-5-13-22-16-6-3-2-4-7-16/h2-4,6-11H,5,12-14H2,1H3,(H,19,20). The molecule has 0 unspecified atom stereocenters. The fourth-order valence-electron chi connectivity index (χ4n) is 1.88. The van der Waals surface area contributed by atoms with E-state index in [1.807, 2.05) is 30.3 Å². The third-order valence-corrected chi connectivity index (χ3v) is 3.08. The van der Waals surface area contributed by atoms with Gasteiger partial charge in [0.1, 0.15) is 17.2 Å². The van der Waals surface area contributed by atoms with E-state index in [-0.39, 0.29) is 12.5 Å². The molecule has 5 nitrogen and oxygen atoms in total. The van der Waals surface area contributed by atoms with Crippen molar-refractivity contribution in [2.24, 2.45) is 0 Å². The maximum Gasteiger partial charge on any atom is 0.257 e. The molecule has 0 saturated heterocycles. The number of hydrogen-bond donors (Lipinski definition) is 1. The Bertz CT molecular complexity index is 584. The molecule has 0 heterocycles. The summed E-state index contributed by atoms with van der Waals surface area (Å²) in [6.07, 6.45) is 0.739. The van der Waals surface area contributed by atoms with Crippen LogP contribution in [0.1, 0.15) is 6.42 Å². The summed E-state index contributed by atoms with van der Waals surface area (Å²) in [5.74, 6) is 2.07. The fourth-order valence-corrected chi connectivity index (χ4v) is 1.88. The Morgan fingerprint density at radius 1 is 0.913 bits per heavy atom. The summed E-state index contributed by atoms with van der Waals surface area (Å²) < 4.78 is 16.0. The van der Waals surface area contributed by atoms with Gasteiger partial charge in [-0.3, -0.25) is 4.79 Å². The number of carbonyl (C=O) groups is 1. The second kappa shape index (κ2) is 9.35. The van der Waals surface area contributed by atoms with Crippen molar-refractivity contribution >= 4 is 5.91 Å². The third-order valence-electron chi connectivity index (χ3n) is 3.08. The molecule has 2 aromatic rings. The Morgan fingerprint density at radius 2 is 1.57 bits per heavy atom. The molecule has 0 saturated carbocycles. The number of benzene rings is 2. The van der Waals surface area contributed by atoms with Gasteiger partial charge in [0.15, 0.2) is 6.61 Å². The summed E-state index contributed by atoms with van der Waals surface area (Å²) in [5.41, 5.74) is 0. The van der Waals surface area contributed by atoms with Crippen molar-refractivity contribution in [3.8, 4) is 17.2 Å². The van der Waals surface area contributed by atoms with E-state index in [4.69, 9.17) is 14.2 Å². The molecule has 0 atom stereocenters. The first-order valence-corrected chi connectivity index (χ1v) is 7.49. The van der Waals surface area contributed by atoms with Crippen LogP contribution in [0.25, 0.3) is 0 Å². The average molecular weight is 315 g/mol. The monoisotopic (exact) mass is 315 g/mol. The van der Waals surface area contributed by atoms with Gasteiger partial charge in [0.05, 0.1) is 13.7 Å². The lowest BCUT2D eigenvalue weighted by Crippen LogP contribution is -2.30. The molecule has 23 heavy (non-hydrogen) atoms. The molecular formula is C18H21NO4. The summed E-state index contributed by atoms with van der Waals surface area (Å²) in [6.45, 7) is 1.10. The molecule has 1 N–H and O–H groups in total. The Kier molecular flexibility index (Phi) is 6.78. The highest BCUT2D eigenvalue weighted by Crippen LogP contribution is 2.16. The molecule has 0 aliphatic heterocycles. The van der Waals surface area contributed by atoms with Crippen LogP contribution in [-0.4, -0.2) is 32.8 Å². The predicted octanol–water partition coefficient (Wildman–Crippen LogP) is 2.66. The minimum Gasteiger partial charge on any atom is -0.497 e. The number of rotatable bonds is 9. The normalized spacial score (nSPS) is 9.96. The zero-order chi connectivity index (χ0) is 16.3. The van der Waals surface area contributed by atoms with Crippen molar-refractivity contribution in [1.29, 1.82) is 0 Å². The molecule has 0 spiro atoms. The Hall–Kier alpha value is -2.69. The van der Waals surface area contributed by atoms with Crippen LogP contribution in [0.5, 0.6) is 17.2 Å². The molecule has 122 valence electrons. The van der Waals surface area contributed by atoms with Gasteiger partial charge in [-0.1, -0.05) is 18.2 Å². The molecule has 5 heteroatoms. The van der Waals surface area contributed by atoms with E-state index in [1.165, 1.54) is 0 Å². The van der Waals surface area contributed by atoms with E-state index in [0.717, 1.165) is 17.9 Å². The smallest absolute Gasteiger partial charge is 0.257 e. The van der Waals surface area contributed by atoms with Crippen LogP contribution >= 0.6 is 0 Å². The zero-order valence-corrected chi connectivity index (χ0v) is 13.2. The van der Waals surface area contributed by atoms with Crippen molar-refractivity contribution in [1.82, 2.24) is 5.32 Å². The molecular weight excluding hydrogens is 294 g/mol. The van der Waals surface area contributed by atoms with E-state index in [9.17, 15) is 4.79 Å². The van der Waals surface area contributed by atoms with Gasteiger partial charge in [-0.05, 0) is 42.8 Å². The Labute approximate surface area is 136 Å². The number of para-hydroxylation sites is 1. The zero-order valence-electron chi connectivity index (χ0n) is 13.2. The highest BCUT2D eigenvalue weighted by molar-refractivity contribution is 5.77. The molecule has 0 aliphatic rings. The third kappa shape index (κ3) is 6.30. The predicted molar refractivity (Wildman–Crippen MR) is 88.1 cm³/mol. The number of nitrogens with one attached hydrogen (secondary N) is 1. The Balaban J connectivity index is 1.56. The number of methoxy groups -OCH3 is 1. The van der Waals surface area contributed by atoms with Gasteiger partial charge < -0.3 is 19.5 Å². The summed E-state index contributed by atoms with van der Waals surface area (Å²) in [7, 11) is 1.60. The van der Waals surface area contributed by atoms with Crippen LogP contribution in [0.15, 0.2) is 54.6 Å². The van der Waals surface area contributed by atoms with Crippen molar-refractivity contribution in [2.75, 3.05) is 26.9 Å². The van der Waals surface area contributed by atoms with E-state index >= 15 is 0 Å². The van der Waals surface area contributed by atoms with Crippen LogP contribution in [0.3, 0.4) is 0 Å². The lowest BCUT2D eigenvalue weighted by Gasteiger charge is -2.09. The van der Waals surface area contributed by atoms with E-state index < -0.39 is 0 Å². The molecule has 2 aromatic carbocycles. The molecule has 0 aromatic heterocycles. The van der Waals surface area contributed by atoms with Crippen molar-refractivity contribution in [2.45, 2.75) is 6.42 Å². The quantitative estimate of drug-likeness (QED) is 0.723. The summed E-state index contributed by atoms with van der Waals surface area (Å²) in [5, 5.41) is 2.79. The second-order valence-electron chi connectivity index (χ2n) is 4.83. The first kappa shape index (κ1) is 16.7. The molecule has 0 fully saturated rings. The van der Waals surface area contributed by atoms with Crippen LogP contribution < -0.4 is 19.5 Å². The van der Waals surface area contributed by atoms with Crippen molar-refractivity contribution < 1.29 is 19.0 Å². The average Bonchev–Trinajstić information content (AvgIpc) is 2.61. The number of ether oxygens (including phenoxy) is 3. The van der Waals surface area contributed by atoms with Gasteiger partial charge in [-0.25, -0.2) is 0 Å². The maximum atomic E-state index is 11.7. The van der Waals surface area contributed by atoms with Crippen LogP contribution in [0, 0.1) is 0 Å². The van der Waals surface area contributed by atoms with Gasteiger partial charge in [0.25, 0.3) is 5.91 Å². The topological polar surface area (TPSA) is 56.8 Å². The second-order valence-corrected chi connectivity index (χ2v) is 4.83. The fraction of sp³-hybridized carbons (Fsp3) is 0.278. The highest BCUT2D eigenvalue weighted by Gasteiger charge is 2.02. The molecule has 2 rings (SSSR count). The summed E-state index contributed by atoms with van der Waals surface area (Å²) in [4.78, 5) is 11.7. The van der Waals surface area contributed by atoms with Crippen molar-refractivity contribution in [3.05, 3.63) is 54.6 Å². The van der Waals surface area contributed by atoms with Gasteiger partial charge in [-0.2, -0.15) is 0 Å². The summed E-state index contributed by atoms with van der Waals surface area (Å²) in [6, 6.07) is 16.7.